The van der Waals surface area contributed by atoms with E-state index in [-0.39, 0.29) is 29.6 Å². The monoisotopic (exact) mass is 574 g/mol. The average Bonchev–Trinajstić information content (AvgIpc) is 3.70. The Hall–Kier alpha value is -4.53. The molecule has 0 saturated heterocycles. The number of nitrogens with two attached hydrogens (primary N) is 1. The van der Waals surface area contributed by atoms with E-state index < -0.39 is 23.6 Å². The minimum atomic E-state index is -0.866. The molecule has 0 bridgehead atoms. The third kappa shape index (κ3) is 4.83. The molecule has 202 valence electrons. The fourth-order valence-corrected chi connectivity index (χ4v) is 6.28. The fourth-order valence-electron chi connectivity index (χ4n) is 4.52. The number of rotatable bonds is 7. The predicted octanol–water partition coefficient (Wildman–Crippen LogP) is 3.15. The van der Waals surface area contributed by atoms with Crippen LogP contribution in [-0.2, 0) is 16.1 Å². The summed E-state index contributed by atoms with van der Waals surface area (Å²) in [5, 5.41) is 15.1. The number of amides is 2. The van der Waals surface area contributed by atoms with Crippen molar-refractivity contribution in [2.75, 3.05) is 18.2 Å². The highest BCUT2D eigenvalue weighted by Crippen LogP contribution is 2.34. The number of benzene rings is 1. The lowest BCUT2D eigenvalue weighted by Crippen LogP contribution is -2.36. The second kappa shape index (κ2) is 10.6. The molecule has 0 aliphatic carbocycles. The van der Waals surface area contributed by atoms with Crippen LogP contribution in [0.4, 0.5) is 11.5 Å². The van der Waals surface area contributed by atoms with Gasteiger partial charge in [0, 0.05) is 40.3 Å². The molecule has 2 amide bonds. The Morgan fingerprint density at radius 1 is 1.12 bits per heavy atom. The lowest BCUT2D eigenvalue weighted by atomic mass is 10.1. The first-order chi connectivity index (χ1) is 19.4. The summed E-state index contributed by atoms with van der Waals surface area (Å²) in [5.41, 5.74) is 5.96. The molecule has 14 heteroatoms. The lowest BCUT2D eigenvalue weighted by molar-refractivity contribution is -0.124. The number of nitrogens with one attached hydrogen (secondary N) is 2. The van der Waals surface area contributed by atoms with Crippen LogP contribution in [0.15, 0.2) is 59.7 Å². The average molecular weight is 575 g/mol. The van der Waals surface area contributed by atoms with E-state index in [0.29, 0.717) is 16.6 Å². The highest BCUT2D eigenvalue weighted by Gasteiger charge is 2.38. The second-order valence-corrected chi connectivity index (χ2v) is 11.1. The van der Waals surface area contributed by atoms with Crippen LogP contribution in [0, 0.1) is 0 Å². The molecule has 1 aliphatic rings. The van der Waals surface area contributed by atoms with Gasteiger partial charge in [-0.1, -0.05) is 41.7 Å². The van der Waals surface area contributed by atoms with Crippen LogP contribution in [0.25, 0.3) is 20.7 Å². The van der Waals surface area contributed by atoms with Crippen LogP contribution in [0.3, 0.4) is 0 Å². The summed E-state index contributed by atoms with van der Waals surface area (Å²) in [6.07, 6.45) is 2.64. The number of aromatic nitrogens is 5. The van der Waals surface area contributed by atoms with Crippen molar-refractivity contribution in [2.45, 2.75) is 25.1 Å². The van der Waals surface area contributed by atoms with Crippen molar-refractivity contribution in [3.63, 3.8) is 0 Å². The van der Waals surface area contributed by atoms with Crippen molar-refractivity contribution in [1.82, 2.24) is 30.0 Å². The number of hydrogen-bond acceptors (Lipinski definition) is 11. The zero-order chi connectivity index (χ0) is 27.8. The Labute approximate surface area is 234 Å². The highest BCUT2D eigenvalue weighted by molar-refractivity contribution is 7.19. The number of fused-ring (bicyclic) bond motifs is 2. The number of methoxy groups -OCH3 is 1. The normalized spacial score (nSPS) is 16.1. The van der Waals surface area contributed by atoms with Gasteiger partial charge in [0.25, 0.3) is 11.5 Å². The molecule has 5 aromatic rings. The molecule has 0 radical (unpaired) electrons. The number of ether oxygens (including phenoxy) is 1. The van der Waals surface area contributed by atoms with Gasteiger partial charge < -0.3 is 21.1 Å². The third-order valence-electron chi connectivity index (χ3n) is 6.44. The van der Waals surface area contributed by atoms with E-state index in [0.717, 1.165) is 31.9 Å². The second-order valence-electron chi connectivity index (χ2n) is 8.99. The van der Waals surface area contributed by atoms with Crippen LogP contribution < -0.4 is 21.9 Å². The summed E-state index contributed by atoms with van der Waals surface area (Å²) in [5.74, 6) is -0.215. The number of carbonyl (C=O) groups is 2. The molecule has 2 atom stereocenters. The van der Waals surface area contributed by atoms with Crippen molar-refractivity contribution in [1.29, 1.82) is 0 Å². The number of nitrogens with zero attached hydrogens (tertiary/aromatic N) is 5. The maximum absolute atomic E-state index is 13.5. The zero-order valence-corrected chi connectivity index (χ0v) is 22.7. The van der Waals surface area contributed by atoms with Gasteiger partial charge in [0.15, 0.2) is 0 Å². The molecule has 4 N–H and O–H groups in total. The van der Waals surface area contributed by atoms with E-state index in [1.54, 1.807) is 12.3 Å². The van der Waals surface area contributed by atoms with Crippen molar-refractivity contribution < 1.29 is 14.3 Å². The van der Waals surface area contributed by atoms with Gasteiger partial charge in [-0.3, -0.25) is 19.0 Å². The molecular formula is C26H22N8O4S2. The van der Waals surface area contributed by atoms with E-state index in [1.807, 2.05) is 36.4 Å². The summed E-state index contributed by atoms with van der Waals surface area (Å²) in [4.78, 5) is 49.0. The van der Waals surface area contributed by atoms with Gasteiger partial charge in [-0.05, 0) is 12.1 Å². The number of carbonyl (C=O) groups excluding carboxylic acids is 2. The number of anilines is 2. The topological polar surface area (TPSA) is 167 Å². The van der Waals surface area contributed by atoms with E-state index >= 15 is 0 Å². The van der Waals surface area contributed by atoms with Crippen molar-refractivity contribution >= 4 is 56.1 Å². The first-order valence-electron chi connectivity index (χ1n) is 12.2. The molecule has 0 fully saturated rings. The van der Waals surface area contributed by atoms with Crippen LogP contribution >= 0.6 is 22.7 Å². The van der Waals surface area contributed by atoms with Gasteiger partial charge >= 0.3 is 0 Å². The molecule has 1 aliphatic heterocycles. The molecule has 1 aromatic carbocycles. The Bertz CT molecular complexity index is 1800. The molecule has 6 rings (SSSR count). The Balaban J connectivity index is 1.21. The summed E-state index contributed by atoms with van der Waals surface area (Å²) in [7, 11) is 1.49. The first-order valence-corrected chi connectivity index (χ1v) is 13.8. The van der Waals surface area contributed by atoms with Crippen molar-refractivity contribution in [2.24, 2.45) is 0 Å². The van der Waals surface area contributed by atoms with Gasteiger partial charge in [-0.15, -0.1) is 21.5 Å². The van der Waals surface area contributed by atoms with E-state index in [1.165, 1.54) is 29.2 Å². The number of hydrogen-bond donors (Lipinski definition) is 3. The van der Waals surface area contributed by atoms with Crippen LogP contribution in [0.5, 0.6) is 0 Å². The minimum absolute atomic E-state index is 0.0747. The molecule has 4 aromatic heterocycles. The SMILES string of the molecule is CO[C@@H]1C[C@@H](C(=O)NCc2cc3cnc(N)cc3s2)n2c1ncc(NC(=O)c1nnc(-c3ccccc3)s1)c2=O. The van der Waals surface area contributed by atoms with E-state index in [9.17, 15) is 14.4 Å². The maximum atomic E-state index is 13.5. The van der Waals surface area contributed by atoms with Crippen LogP contribution in [-0.4, -0.2) is 43.7 Å². The molecule has 12 nitrogen and oxygen atoms in total. The maximum Gasteiger partial charge on any atom is 0.286 e. The van der Waals surface area contributed by atoms with Crippen LogP contribution in [0.1, 0.15) is 39.1 Å². The molecule has 5 heterocycles. The van der Waals surface area contributed by atoms with Gasteiger partial charge in [-0.25, -0.2) is 9.97 Å². The lowest BCUT2D eigenvalue weighted by Gasteiger charge is -2.14. The summed E-state index contributed by atoms with van der Waals surface area (Å²) in [6.45, 7) is 0.265. The Kier molecular flexibility index (Phi) is 6.79. The summed E-state index contributed by atoms with van der Waals surface area (Å²) < 4.78 is 7.75. The summed E-state index contributed by atoms with van der Waals surface area (Å²) >= 11 is 2.60. The van der Waals surface area contributed by atoms with E-state index in [2.05, 4.69) is 30.8 Å². The smallest absolute Gasteiger partial charge is 0.286 e. The molecule has 0 saturated carbocycles. The van der Waals surface area contributed by atoms with Crippen LogP contribution in [0.2, 0.25) is 0 Å². The molecule has 0 spiro atoms. The van der Waals surface area contributed by atoms with Crippen molar-refractivity contribution in [3.05, 3.63) is 80.9 Å². The fraction of sp³-hybridized carbons (Fsp3) is 0.192. The largest absolute Gasteiger partial charge is 0.384 e. The standard InChI is InChI=1S/C26H22N8O4S2/c1-38-18-8-17(22(35)30-11-15-7-14-10-28-20(27)9-19(14)39-15)34-21(18)29-12-16(26(34)37)31-23(36)25-33-32-24(40-25)13-5-3-2-4-6-13/h2-7,9-10,12,17-18H,8,11H2,1H3,(H2,27,28)(H,30,35)(H,31,36)/t17-,18+/m0/s1. The third-order valence-corrected chi connectivity index (χ3v) is 8.51. The highest BCUT2D eigenvalue weighted by atomic mass is 32.1. The molecule has 0 unspecified atom stereocenters. The Morgan fingerprint density at radius 2 is 1.95 bits per heavy atom. The van der Waals surface area contributed by atoms with Gasteiger partial charge in [0.2, 0.25) is 10.9 Å². The summed E-state index contributed by atoms with van der Waals surface area (Å²) in [6, 6.07) is 12.2. The van der Waals surface area contributed by atoms with Crippen molar-refractivity contribution in [3.8, 4) is 10.6 Å². The predicted molar refractivity (Wildman–Crippen MR) is 151 cm³/mol. The molecule has 40 heavy (non-hydrogen) atoms. The van der Waals surface area contributed by atoms with Gasteiger partial charge in [-0.2, -0.15) is 0 Å². The van der Waals surface area contributed by atoms with E-state index in [4.69, 9.17) is 10.5 Å². The first kappa shape index (κ1) is 25.7. The number of nitrogen functional groups attached to an aromatic ring is 1. The van der Waals surface area contributed by atoms with Gasteiger partial charge in [0.1, 0.15) is 34.5 Å². The minimum Gasteiger partial charge on any atom is -0.384 e. The van der Waals surface area contributed by atoms with Gasteiger partial charge in [0.05, 0.1) is 12.7 Å². The number of thiophene rings is 1. The number of pyridine rings is 1. The quantitative estimate of drug-likeness (QED) is 0.264. The zero-order valence-electron chi connectivity index (χ0n) is 21.0. The Morgan fingerprint density at radius 3 is 2.75 bits per heavy atom. The molecular weight excluding hydrogens is 552 g/mol.